The van der Waals surface area contributed by atoms with E-state index in [-0.39, 0.29) is 12.0 Å². The van der Waals surface area contributed by atoms with Gasteiger partial charge in [-0.1, -0.05) is 27.2 Å². The van der Waals surface area contributed by atoms with Gasteiger partial charge in [-0.2, -0.15) is 5.10 Å². The quantitative estimate of drug-likeness (QED) is 0.327. The second-order valence-electron chi connectivity index (χ2n) is 9.56. The largest absolute Gasteiger partial charge is 0.490 e. The van der Waals surface area contributed by atoms with Gasteiger partial charge in [-0.05, 0) is 75.3 Å². The normalized spacial score (nSPS) is 20.3. The van der Waals surface area contributed by atoms with E-state index in [1.54, 1.807) is 0 Å². The summed E-state index contributed by atoms with van der Waals surface area (Å²) in [6.07, 6.45) is 7.49. The van der Waals surface area contributed by atoms with Gasteiger partial charge in [-0.3, -0.25) is 4.79 Å². The van der Waals surface area contributed by atoms with Gasteiger partial charge in [-0.25, -0.2) is 5.01 Å². The second kappa shape index (κ2) is 10.4. The number of rotatable bonds is 9. The molecule has 0 spiro atoms. The molecule has 0 radical (unpaired) electrons. The predicted molar refractivity (Wildman–Crippen MR) is 123 cm³/mol. The number of hydrazone groups is 1. The molecule has 0 N–H and O–H groups in total. The lowest BCUT2D eigenvalue weighted by Crippen LogP contribution is -2.46. The smallest absolute Gasteiger partial charge is 0.230 e. The molecule has 0 bridgehead atoms. The van der Waals surface area contributed by atoms with Gasteiger partial charge in [-0.15, -0.1) is 0 Å². The van der Waals surface area contributed by atoms with Crippen LogP contribution in [0.4, 0.5) is 0 Å². The Hall–Kier alpha value is -1.88. The summed E-state index contributed by atoms with van der Waals surface area (Å²) in [6.45, 7) is 12.8. The fraction of sp³-hybridized carbons (Fsp3) is 0.680. The monoisotopic (exact) mass is 413 g/mol. The minimum atomic E-state index is 0.0327. The number of piperidine rings is 1. The topological polar surface area (TPSA) is 45.1 Å². The van der Waals surface area contributed by atoms with Gasteiger partial charge in [0.05, 0.1) is 5.71 Å². The molecule has 1 aliphatic heterocycles. The van der Waals surface area contributed by atoms with Crippen molar-refractivity contribution in [1.82, 2.24) is 9.91 Å². The van der Waals surface area contributed by atoms with Crippen molar-refractivity contribution in [2.75, 3.05) is 13.1 Å². The lowest BCUT2D eigenvalue weighted by Gasteiger charge is -2.41. The summed E-state index contributed by atoms with van der Waals surface area (Å²) >= 11 is 0. The highest BCUT2D eigenvalue weighted by atomic mass is 16.5. The number of carbonyl (C=O) groups excluding carboxylic acids is 1. The summed E-state index contributed by atoms with van der Waals surface area (Å²) in [4.78, 5) is 14.1. The van der Waals surface area contributed by atoms with Crippen molar-refractivity contribution in [2.45, 2.75) is 84.9 Å². The zero-order chi connectivity index (χ0) is 21.7. The van der Waals surface area contributed by atoms with Crippen molar-refractivity contribution < 1.29 is 9.53 Å². The number of hydrogen-bond acceptors (Lipinski definition) is 4. The lowest BCUT2D eigenvalue weighted by molar-refractivity contribution is -0.119. The molecule has 30 heavy (non-hydrogen) atoms. The highest BCUT2D eigenvalue weighted by Crippen LogP contribution is 2.29. The Labute approximate surface area is 182 Å². The van der Waals surface area contributed by atoms with Gasteiger partial charge in [0.25, 0.3) is 0 Å². The van der Waals surface area contributed by atoms with Gasteiger partial charge in [0.2, 0.25) is 6.41 Å². The Morgan fingerprint density at radius 1 is 1.07 bits per heavy atom. The Morgan fingerprint density at radius 3 is 2.17 bits per heavy atom. The first-order valence-electron chi connectivity index (χ1n) is 11.7. The first-order chi connectivity index (χ1) is 14.4. The molecule has 1 saturated heterocycles. The maximum Gasteiger partial charge on any atom is 0.230 e. The third-order valence-corrected chi connectivity index (χ3v) is 6.81. The maximum atomic E-state index is 11.5. The molecule has 5 heteroatoms. The van der Waals surface area contributed by atoms with Crippen LogP contribution in [0.1, 0.15) is 72.3 Å². The van der Waals surface area contributed by atoms with E-state index in [0.717, 1.165) is 55.4 Å². The van der Waals surface area contributed by atoms with Gasteiger partial charge < -0.3 is 9.64 Å². The fourth-order valence-electron chi connectivity index (χ4n) is 4.12. The molecule has 3 rings (SSSR count). The number of ether oxygens (including phenoxy) is 1. The van der Waals surface area contributed by atoms with Crippen LogP contribution in [0, 0.1) is 11.8 Å². The van der Waals surface area contributed by atoms with E-state index in [1.165, 1.54) is 24.3 Å². The molecular formula is C25H39N3O2. The third kappa shape index (κ3) is 5.63. The van der Waals surface area contributed by atoms with Gasteiger partial charge >= 0.3 is 0 Å². The van der Waals surface area contributed by atoms with Crippen LogP contribution in [0.5, 0.6) is 5.75 Å². The summed E-state index contributed by atoms with van der Waals surface area (Å²) in [5.41, 5.74) is 2.00. The van der Waals surface area contributed by atoms with Gasteiger partial charge in [0, 0.05) is 31.1 Å². The van der Waals surface area contributed by atoms with Crippen LogP contribution in [0.25, 0.3) is 0 Å². The molecule has 1 aliphatic carbocycles. The molecule has 1 saturated carbocycles. The zero-order valence-electron chi connectivity index (χ0n) is 19.4. The highest BCUT2D eigenvalue weighted by Gasteiger charge is 2.29. The number of benzene rings is 1. The molecule has 5 nitrogen and oxygen atoms in total. The third-order valence-electron chi connectivity index (χ3n) is 6.81. The molecule has 1 aromatic rings. The van der Waals surface area contributed by atoms with E-state index in [9.17, 15) is 4.79 Å². The van der Waals surface area contributed by atoms with Crippen LogP contribution >= 0.6 is 0 Å². The van der Waals surface area contributed by atoms with Crippen molar-refractivity contribution >= 4 is 12.1 Å². The molecule has 2 fully saturated rings. The lowest BCUT2D eigenvalue weighted by atomic mass is 9.89. The molecule has 1 amide bonds. The molecule has 2 aliphatic rings. The Balaban J connectivity index is 1.65. The molecule has 1 atom stereocenters. The van der Waals surface area contributed by atoms with Crippen molar-refractivity contribution in [3.05, 3.63) is 29.8 Å². The summed E-state index contributed by atoms with van der Waals surface area (Å²) < 4.78 is 6.29. The predicted octanol–water partition coefficient (Wildman–Crippen LogP) is 4.95. The van der Waals surface area contributed by atoms with Crippen molar-refractivity contribution in [2.24, 2.45) is 16.9 Å². The van der Waals surface area contributed by atoms with Crippen LogP contribution < -0.4 is 4.74 Å². The number of nitrogens with zero attached hydrogens (tertiary/aromatic N) is 3. The summed E-state index contributed by atoms with van der Waals surface area (Å²) in [6, 6.07) is 9.14. The fourth-order valence-corrected chi connectivity index (χ4v) is 4.12. The molecular weight excluding hydrogens is 374 g/mol. The van der Waals surface area contributed by atoms with E-state index in [0.29, 0.717) is 12.0 Å². The average Bonchev–Trinajstić information content (AvgIpc) is 2.69. The van der Waals surface area contributed by atoms with Crippen LogP contribution in [0.2, 0.25) is 0 Å². The second-order valence-corrected chi connectivity index (χ2v) is 9.56. The van der Waals surface area contributed by atoms with Crippen LogP contribution in [-0.4, -0.2) is 53.3 Å². The SMILES string of the molecule is CC(C)C(C)/C(=N\N(C=O)C(C)C)c1ccc(OC2CCN(C3CCC3)CC2)cc1. The van der Waals surface area contributed by atoms with E-state index < -0.39 is 0 Å². The zero-order valence-corrected chi connectivity index (χ0v) is 19.4. The summed E-state index contributed by atoms with van der Waals surface area (Å²) in [5, 5.41) is 6.21. The Kier molecular flexibility index (Phi) is 7.93. The number of likely N-dealkylation sites (tertiary alicyclic amines) is 1. The summed E-state index contributed by atoms with van der Waals surface area (Å²) in [5.74, 6) is 1.60. The van der Waals surface area contributed by atoms with E-state index in [1.807, 2.05) is 13.8 Å². The molecule has 166 valence electrons. The molecule has 1 heterocycles. The van der Waals surface area contributed by atoms with Crippen LogP contribution in [0.3, 0.4) is 0 Å². The molecule has 1 unspecified atom stereocenters. The van der Waals surface area contributed by atoms with Crippen LogP contribution in [0.15, 0.2) is 29.4 Å². The van der Waals surface area contributed by atoms with Crippen molar-refractivity contribution in [3.8, 4) is 5.75 Å². The molecule has 0 aromatic heterocycles. The Bertz CT molecular complexity index is 702. The number of carbonyl (C=O) groups is 1. The van der Waals surface area contributed by atoms with Crippen molar-refractivity contribution in [3.63, 3.8) is 0 Å². The number of amides is 1. The van der Waals surface area contributed by atoms with E-state index >= 15 is 0 Å². The highest BCUT2D eigenvalue weighted by molar-refractivity contribution is 6.02. The first-order valence-corrected chi connectivity index (χ1v) is 11.7. The summed E-state index contributed by atoms with van der Waals surface area (Å²) in [7, 11) is 0. The van der Waals surface area contributed by atoms with E-state index in [4.69, 9.17) is 9.84 Å². The minimum absolute atomic E-state index is 0.0327. The van der Waals surface area contributed by atoms with Crippen LogP contribution in [-0.2, 0) is 4.79 Å². The Morgan fingerprint density at radius 2 is 1.70 bits per heavy atom. The standard InChI is InChI=1S/C25H39N3O2/c1-18(2)20(5)25(26-28(17-29)19(3)4)21-9-11-23(12-10-21)30-24-13-15-27(16-14-24)22-7-6-8-22/h9-12,17-20,22,24H,6-8,13-16H2,1-5H3/b26-25+. The maximum absolute atomic E-state index is 11.5. The van der Waals surface area contributed by atoms with E-state index in [2.05, 4.69) is 49.9 Å². The minimum Gasteiger partial charge on any atom is -0.490 e. The number of hydrogen-bond donors (Lipinski definition) is 0. The van der Waals surface area contributed by atoms with Crippen molar-refractivity contribution in [1.29, 1.82) is 0 Å². The first kappa shape index (κ1) is 22.8. The molecule has 1 aromatic carbocycles. The average molecular weight is 414 g/mol. The van der Waals surface area contributed by atoms with Gasteiger partial charge in [0.15, 0.2) is 0 Å². The van der Waals surface area contributed by atoms with Gasteiger partial charge in [0.1, 0.15) is 11.9 Å².